The molecule has 1 aliphatic carbocycles. The summed E-state index contributed by atoms with van der Waals surface area (Å²) in [6.07, 6.45) is 12.1. The maximum absolute atomic E-state index is 6.66. The predicted octanol–water partition coefficient (Wildman–Crippen LogP) is 11.2. The molecule has 4 aromatic heterocycles. The van der Waals surface area contributed by atoms with Crippen LogP contribution < -0.4 is 0 Å². The average Bonchev–Trinajstić information content (AvgIpc) is 3.53. The van der Waals surface area contributed by atoms with Crippen LogP contribution in [0.15, 0.2) is 138 Å². The van der Waals surface area contributed by atoms with E-state index in [-0.39, 0.29) is 0 Å². The van der Waals surface area contributed by atoms with Gasteiger partial charge in [0.2, 0.25) is 0 Å². The van der Waals surface area contributed by atoms with E-state index in [9.17, 15) is 0 Å². The lowest BCUT2D eigenvalue weighted by atomic mass is 9.86. The van der Waals surface area contributed by atoms with Gasteiger partial charge in [0.1, 0.15) is 16.9 Å². The third kappa shape index (κ3) is 3.91. The molecule has 4 heterocycles. The quantitative estimate of drug-likeness (QED) is 0.149. The largest absolute Gasteiger partial charge is 0.460 e. The highest BCUT2D eigenvalue weighted by molar-refractivity contribution is 6.23. The fourth-order valence-electron chi connectivity index (χ4n) is 7.57. The summed E-state index contributed by atoms with van der Waals surface area (Å²) >= 11 is 0. The second-order valence-corrected chi connectivity index (χ2v) is 12.2. The van der Waals surface area contributed by atoms with Crippen molar-refractivity contribution >= 4 is 60.4 Å². The average molecular weight is 602 g/mol. The molecule has 0 atom stereocenters. The highest BCUT2D eigenvalue weighted by atomic mass is 16.3. The summed E-state index contributed by atoms with van der Waals surface area (Å²) in [7, 11) is 0. The molecule has 4 nitrogen and oxygen atoms in total. The molecule has 0 saturated carbocycles. The number of fused-ring (bicyclic) bond motifs is 9. The Labute approximate surface area is 270 Å². The van der Waals surface area contributed by atoms with E-state index in [1.54, 1.807) is 0 Å². The van der Waals surface area contributed by atoms with Gasteiger partial charge in [-0.3, -0.25) is 9.97 Å². The Hall–Kier alpha value is -6.13. The van der Waals surface area contributed by atoms with Crippen molar-refractivity contribution in [1.29, 1.82) is 0 Å². The number of aryl methyl sites for hydroxylation is 1. The molecule has 1 aliphatic rings. The van der Waals surface area contributed by atoms with Gasteiger partial charge in [0.25, 0.3) is 0 Å². The molecule has 10 rings (SSSR count). The van der Waals surface area contributed by atoms with Crippen molar-refractivity contribution in [2.45, 2.75) is 12.8 Å². The van der Waals surface area contributed by atoms with E-state index in [1.807, 2.05) is 30.7 Å². The molecule has 0 bridgehead atoms. The molecular formula is C43H27N3O. The minimum atomic E-state index is 0.843. The Bertz CT molecular complexity index is 2670. The van der Waals surface area contributed by atoms with Crippen LogP contribution in [0.1, 0.15) is 17.7 Å². The summed E-state index contributed by atoms with van der Waals surface area (Å²) in [4.78, 5) is 15.0. The van der Waals surface area contributed by atoms with E-state index < -0.39 is 0 Å². The molecule has 5 aromatic carbocycles. The summed E-state index contributed by atoms with van der Waals surface area (Å²) in [5, 5.41) is 7.89. The van der Waals surface area contributed by atoms with Crippen molar-refractivity contribution < 1.29 is 4.42 Å². The molecule has 220 valence electrons. The Morgan fingerprint density at radius 3 is 2.00 bits per heavy atom. The zero-order valence-corrected chi connectivity index (χ0v) is 25.4. The van der Waals surface area contributed by atoms with E-state index in [0.29, 0.717) is 0 Å². The predicted molar refractivity (Wildman–Crippen MR) is 193 cm³/mol. The maximum atomic E-state index is 6.66. The van der Waals surface area contributed by atoms with Crippen LogP contribution in [0.2, 0.25) is 0 Å². The second-order valence-electron chi connectivity index (χ2n) is 12.2. The first-order chi connectivity index (χ1) is 23.3. The van der Waals surface area contributed by atoms with Crippen LogP contribution in [0.4, 0.5) is 0 Å². The fourth-order valence-corrected chi connectivity index (χ4v) is 7.57. The summed E-state index contributed by atoms with van der Waals surface area (Å²) in [6, 6.07) is 38.5. The van der Waals surface area contributed by atoms with Gasteiger partial charge in [-0.1, -0.05) is 103 Å². The SMILES string of the molecule is C1=Cc2c(oc3c2ccc2c(-c4ccccc4)nc4cc(-c5c6ccccc6c(-c6cccnc6)c6ccccc56)cnc4c23)CC1. The Kier molecular flexibility index (Phi) is 5.67. The molecule has 9 aromatic rings. The number of furan rings is 1. The van der Waals surface area contributed by atoms with E-state index in [4.69, 9.17) is 14.4 Å². The number of hydrogen-bond acceptors (Lipinski definition) is 4. The minimum Gasteiger partial charge on any atom is -0.460 e. The number of aromatic nitrogens is 3. The van der Waals surface area contributed by atoms with Crippen LogP contribution in [0, 0.1) is 0 Å². The lowest BCUT2D eigenvalue weighted by Gasteiger charge is -2.18. The first-order valence-corrected chi connectivity index (χ1v) is 16.1. The standard InChI is InChI=1S/C43H27N3O/c1-2-11-26(12-3-1)41-35-21-20-34-29-14-8-9-19-37(29)47-43(34)40(35)42-36(46-41)23-28(25-45-42)39-32-17-6-4-15-30(32)38(27-13-10-22-44-24-27)31-16-5-7-18-33(31)39/h1-8,10-18,20-25H,9,19H2. The maximum Gasteiger partial charge on any atom is 0.145 e. The molecule has 47 heavy (non-hydrogen) atoms. The Balaban J connectivity index is 1.32. The van der Waals surface area contributed by atoms with Crippen molar-refractivity contribution in [3.8, 4) is 33.5 Å². The molecule has 0 amide bonds. The molecular weight excluding hydrogens is 574 g/mol. The van der Waals surface area contributed by atoms with Crippen LogP contribution >= 0.6 is 0 Å². The number of rotatable bonds is 3. The summed E-state index contributed by atoms with van der Waals surface area (Å²) in [5.74, 6) is 1.05. The van der Waals surface area contributed by atoms with Crippen molar-refractivity contribution in [3.05, 3.63) is 145 Å². The van der Waals surface area contributed by atoms with Crippen LogP contribution in [0.25, 0.3) is 93.9 Å². The van der Waals surface area contributed by atoms with Gasteiger partial charge >= 0.3 is 0 Å². The number of nitrogens with zero attached hydrogens (tertiary/aromatic N) is 3. The highest BCUT2D eigenvalue weighted by Crippen LogP contribution is 2.45. The van der Waals surface area contributed by atoms with Gasteiger partial charge < -0.3 is 4.42 Å². The molecule has 0 aliphatic heterocycles. The second kappa shape index (κ2) is 10.2. The van der Waals surface area contributed by atoms with E-state index in [0.717, 1.165) is 79.3 Å². The van der Waals surface area contributed by atoms with Gasteiger partial charge in [0, 0.05) is 58.0 Å². The topological polar surface area (TPSA) is 51.8 Å². The van der Waals surface area contributed by atoms with Gasteiger partial charge in [-0.25, -0.2) is 4.98 Å². The normalized spacial score (nSPS) is 12.9. The van der Waals surface area contributed by atoms with Crippen LogP contribution in [0.3, 0.4) is 0 Å². The summed E-state index contributed by atoms with van der Waals surface area (Å²) in [6.45, 7) is 0. The third-order valence-electron chi connectivity index (χ3n) is 9.61. The molecule has 0 saturated heterocycles. The first-order valence-electron chi connectivity index (χ1n) is 16.1. The van der Waals surface area contributed by atoms with Gasteiger partial charge in [0.15, 0.2) is 0 Å². The number of benzene rings is 5. The van der Waals surface area contributed by atoms with E-state index in [1.165, 1.54) is 32.7 Å². The smallest absolute Gasteiger partial charge is 0.145 e. The minimum absolute atomic E-state index is 0.843. The summed E-state index contributed by atoms with van der Waals surface area (Å²) in [5.41, 5.74) is 10.2. The van der Waals surface area contributed by atoms with Gasteiger partial charge in [-0.2, -0.15) is 0 Å². The monoisotopic (exact) mass is 601 g/mol. The molecule has 4 heteroatoms. The molecule has 0 spiro atoms. The van der Waals surface area contributed by atoms with Crippen molar-refractivity contribution in [3.63, 3.8) is 0 Å². The number of pyridine rings is 3. The van der Waals surface area contributed by atoms with Gasteiger partial charge in [0.05, 0.1) is 16.6 Å². The van der Waals surface area contributed by atoms with E-state index >= 15 is 0 Å². The molecule has 0 N–H and O–H groups in total. The van der Waals surface area contributed by atoms with Crippen LogP contribution in [-0.4, -0.2) is 15.0 Å². The van der Waals surface area contributed by atoms with Crippen molar-refractivity contribution in [2.24, 2.45) is 0 Å². The van der Waals surface area contributed by atoms with Crippen molar-refractivity contribution in [2.75, 3.05) is 0 Å². The van der Waals surface area contributed by atoms with Crippen LogP contribution in [-0.2, 0) is 6.42 Å². The van der Waals surface area contributed by atoms with E-state index in [2.05, 4.69) is 114 Å². The third-order valence-corrected chi connectivity index (χ3v) is 9.61. The zero-order chi connectivity index (χ0) is 30.9. The molecule has 0 radical (unpaired) electrons. The fraction of sp³-hybridized carbons (Fsp3) is 0.0465. The van der Waals surface area contributed by atoms with Gasteiger partial charge in [-0.05, 0) is 57.3 Å². The lowest BCUT2D eigenvalue weighted by Crippen LogP contribution is -1.95. The number of hydrogen-bond donors (Lipinski definition) is 0. The first kappa shape index (κ1) is 26.1. The Morgan fingerprint density at radius 1 is 0.596 bits per heavy atom. The van der Waals surface area contributed by atoms with Gasteiger partial charge in [-0.15, -0.1) is 0 Å². The van der Waals surface area contributed by atoms with Crippen LogP contribution in [0.5, 0.6) is 0 Å². The summed E-state index contributed by atoms with van der Waals surface area (Å²) < 4.78 is 6.66. The lowest BCUT2D eigenvalue weighted by molar-refractivity contribution is 0.549. The van der Waals surface area contributed by atoms with Crippen molar-refractivity contribution in [1.82, 2.24) is 15.0 Å². The highest BCUT2D eigenvalue weighted by Gasteiger charge is 2.22. The number of allylic oxidation sites excluding steroid dienone is 1. The molecule has 0 unspecified atom stereocenters. The Morgan fingerprint density at radius 2 is 1.28 bits per heavy atom. The zero-order valence-electron chi connectivity index (χ0n) is 25.4. The molecule has 0 fully saturated rings.